The van der Waals surface area contributed by atoms with Crippen LogP contribution in [-0.4, -0.2) is 42.9 Å². The van der Waals surface area contributed by atoms with Crippen LogP contribution in [0.5, 0.6) is 0 Å². The number of halogens is 1. The lowest BCUT2D eigenvalue weighted by molar-refractivity contribution is -0.132. The Morgan fingerprint density at radius 1 is 1.50 bits per heavy atom. The van der Waals surface area contributed by atoms with E-state index in [0.717, 1.165) is 24.9 Å². The van der Waals surface area contributed by atoms with Gasteiger partial charge in [0, 0.05) is 6.54 Å². The summed E-state index contributed by atoms with van der Waals surface area (Å²) in [6, 6.07) is 6.61. The molecule has 3 nitrogen and oxygen atoms in total. The number of likely N-dealkylation sites (N-methyl/N-ethyl adjacent to an activating group) is 1. The highest BCUT2D eigenvalue weighted by molar-refractivity contribution is 5.79. The van der Waals surface area contributed by atoms with Crippen LogP contribution in [0.3, 0.4) is 0 Å². The van der Waals surface area contributed by atoms with Crippen molar-refractivity contribution >= 4 is 5.91 Å². The number of hydrogen-bond donors (Lipinski definition) is 0. The first-order chi connectivity index (χ1) is 8.58. The fourth-order valence-corrected chi connectivity index (χ4v) is 2.49. The van der Waals surface area contributed by atoms with Gasteiger partial charge in [0.25, 0.3) is 0 Å². The van der Waals surface area contributed by atoms with Crippen molar-refractivity contribution in [3.05, 3.63) is 35.6 Å². The predicted octanol–water partition coefficient (Wildman–Crippen LogP) is 2.05. The van der Waals surface area contributed by atoms with Gasteiger partial charge in [0.2, 0.25) is 5.91 Å². The third-order valence-electron chi connectivity index (χ3n) is 3.26. The Labute approximate surface area is 107 Å². The molecule has 98 valence electrons. The first kappa shape index (κ1) is 13.0. The molecule has 0 aromatic heterocycles. The second-order valence-corrected chi connectivity index (χ2v) is 5.04. The molecule has 1 saturated heterocycles. The van der Waals surface area contributed by atoms with Crippen molar-refractivity contribution in [1.82, 2.24) is 9.80 Å². The molecule has 1 aliphatic heterocycles. The second kappa shape index (κ2) is 5.48. The van der Waals surface area contributed by atoms with Crippen LogP contribution in [0.4, 0.5) is 4.39 Å². The van der Waals surface area contributed by atoms with E-state index in [-0.39, 0.29) is 17.8 Å². The summed E-state index contributed by atoms with van der Waals surface area (Å²) in [6.07, 6.45) is 1.91. The van der Waals surface area contributed by atoms with E-state index in [1.165, 1.54) is 12.1 Å². The maximum Gasteiger partial charge on any atom is 0.237 e. The van der Waals surface area contributed by atoms with E-state index in [1.807, 2.05) is 30.0 Å². The van der Waals surface area contributed by atoms with E-state index in [1.54, 1.807) is 6.07 Å². The Bertz CT molecular complexity index is 434. The van der Waals surface area contributed by atoms with Gasteiger partial charge in [-0.2, -0.15) is 0 Å². The van der Waals surface area contributed by atoms with Gasteiger partial charge in [0.05, 0.1) is 12.6 Å². The molecule has 1 amide bonds. The number of nitrogens with zero attached hydrogens (tertiary/aromatic N) is 2. The molecule has 0 radical (unpaired) electrons. The summed E-state index contributed by atoms with van der Waals surface area (Å²) in [5.41, 5.74) is 0.902. The van der Waals surface area contributed by atoms with Gasteiger partial charge >= 0.3 is 0 Å². The fourth-order valence-electron chi connectivity index (χ4n) is 2.49. The highest BCUT2D eigenvalue weighted by atomic mass is 19.1. The Balaban J connectivity index is 2.14. The highest BCUT2D eigenvalue weighted by Gasteiger charge is 2.29. The third-order valence-corrected chi connectivity index (χ3v) is 3.26. The minimum absolute atomic E-state index is 0.0353. The molecule has 1 aliphatic rings. The van der Waals surface area contributed by atoms with Gasteiger partial charge in [-0.25, -0.2) is 4.39 Å². The summed E-state index contributed by atoms with van der Waals surface area (Å²) in [6.45, 7) is 1.18. The van der Waals surface area contributed by atoms with E-state index < -0.39 is 0 Å². The highest BCUT2D eigenvalue weighted by Crippen LogP contribution is 2.32. The number of carbonyl (C=O) groups excluding carboxylic acids is 1. The van der Waals surface area contributed by atoms with E-state index in [0.29, 0.717) is 6.54 Å². The number of benzene rings is 1. The Hall–Kier alpha value is -1.42. The summed E-state index contributed by atoms with van der Waals surface area (Å²) < 4.78 is 13.2. The summed E-state index contributed by atoms with van der Waals surface area (Å²) in [4.78, 5) is 15.8. The molecule has 0 spiro atoms. The number of likely N-dealkylation sites (tertiary alicyclic amines) is 1. The van der Waals surface area contributed by atoms with Crippen LogP contribution >= 0.6 is 0 Å². The SMILES string of the molecule is CN(C)CC(=O)N1CCCC1c1cccc(F)c1. The van der Waals surface area contributed by atoms with Gasteiger partial charge in [0.15, 0.2) is 0 Å². The van der Waals surface area contributed by atoms with Crippen molar-refractivity contribution in [2.24, 2.45) is 0 Å². The molecule has 1 fully saturated rings. The monoisotopic (exact) mass is 250 g/mol. The van der Waals surface area contributed by atoms with Crippen molar-refractivity contribution in [1.29, 1.82) is 0 Å². The molecular weight excluding hydrogens is 231 g/mol. The average Bonchev–Trinajstić information content (AvgIpc) is 2.76. The summed E-state index contributed by atoms with van der Waals surface area (Å²) in [5.74, 6) is -0.119. The molecule has 1 heterocycles. The van der Waals surface area contributed by atoms with E-state index in [9.17, 15) is 9.18 Å². The van der Waals surface area contributed by atoms with Crippen LogP contribution in [0.2, 0.25) is 0 Å². The van der Waals surface area contributed by atoms with Crippen molar-refractivity contribution in [2.75, 3.05) is 27.2 Å². The zero-order valence-electron chi connectivity index (χ0n) is 10.9. The van der Waals surface area contributed by atoms with Crippen molar-refractivity contribution in [3.8, 4) is 0 Å². The molecular formula is C14H19FN2O. The van der Waals surface area contributed by atoms with Crippen molar-refractivity contribution in [3.63, 3.8) is 0 Å². The van der Waals surface area contributed by atoms with E-state index in [2.05, 4.69) is 0 Å². The van der Waals surface area contributed by atoms with Gasteiger partial charge in [-0.1, -0.05) is 12.1 Å². The first-order valence-corrected chi connectivity index (χ1v) is 6.27. The second-order valence-electron chi connectivity index (χ2n) is 5.04. The molecule has 18 heavy (non-hydrogen) atoms. The number of carbonyl (C=O) groups is 1. The van der Waals surface area contributed by atoms with Crippen LogP contribution in [0.15, 0.2) is 24.3 Å². The lowest BCUT2D eigenvalue weighted by Gasteiger charge is -2.26. The maximum atomic E-state index is 13.2. The standard InChI is InChI=1S/C14H19FN2O/c1-16(2)10-14(18)17-8-4-7-13(17)11-5-3-6-12(15)9-11/h3,5-6,9,13H,4,7-8,10H2,1-2H3. The average molecular weight is 250 g/mol. The van der Waals surface area contributed by atoms with Gasteiger partial charge in [0.1, 0.15) is 5.82 Å². The van der Waals surface area contributed by atoms with Gasteiger partial charge in [-0.15, -0.1) is 0 Å². The molecule has 1 unspecified atom stereocenters. The van der Waals surface area contributed by atoms with Crippen LogP contribution in [0, 0.1) is 5.82 Å². The van der Waals surface area contributed by atoms with Crippen LogP contribution in [0.1, 0.15) is 24.4 Å². The minimum Gasteiger partial charge on any atom is -0.335 e. The van der Waals surface area contributed by atoms with E-state index >= 15 is 0 Å². The number of amides is 1. The van der Waals surface area contributed by atoms with E-state index in [4.69, 9.17) is 0 Å². The lowest BCUT2D eigenvalue weighted by atomic mass is 10.0. The molecule has 1 aromatic rings. The van der Waals surface area contributed by atoms with Crippen molar-refractivity contribution in [2.45, 2.75) is 18.9 Å². The molecule has 1 aromatic carbocycles. The van der Waals surface area contributed by atoms with Crippen molar-refractivity contribution < 1.29 is 9.18 Å². The topological polar surface area (TPSA) is 23.6 Å². The fraction of sp³-hybridized carbons (Fsp3) is 0.500. The normalized spacial score (nSPS) is 19.6. The molecule has 0 saturated carbocycles. The third kappa shape index (κ3) is 2.88. The number of hydrogen-bond acceptors (Lipinski definition) is 2. The van der Waals surface area contributed by atoms with Gasteiger partial charge < -0.3 is 9.80 Å². The predicted molar refractivity (Wildman–Crippen MR) is 68.6 cm³/mol. The lowest BCUT2D eigenvalue weighted by Crippen LogP contribution is -2.37. The molecule has 0 bridgehead atoms. The Morgan fingerprint density at radius 3 is 2.94 bits per heavy atom. The Kier molecular flexibility index (Phi) is 3.97. The zero-order valence-corrected chi connectivity index (χ0v) is 10.9. The first-order valence-electron chi connectivity index (χ1n) is 6.27. The van der Waals surface area contributed by atoms with Crippen LogP contribution in [-0.2, 0) is 4.79 Å². The van der Waals surface area contributed by atoms with Crippen LogP contribution < -0.4 is 0 Å². The molecule has 0 N–H and O–H groups in total. The smallest absolute Gasteiger partial charge is 0.237 e. The van der Waals surface area contributed by atoms with Gasteiger partial charge in [-0.3, -0.25) is 4.79 Å². The maximum absolute atomic E-state index is 13.2. The molecule has 1 atom stereocenters. The largest absolute Gasteiger partial charge is 0.335 e. The summed E-state index contributed by atoms with van der Waals surface area (Å²) >= 11 is 0. The minimum atomic E-state index is -0.237. The van der Waals surface area contributed by atoms with Gasteiger partial charge in [-0.05, 0) is 44.6 Å². The molecule has 2 rings (SSSR count). The molecule has 0 aliphatic carbocycles. The van der Waals surface area contributed by atoms with Crippen LogP contribution in [0.25, 0.3) is 0 Å². The summed E-state index contributed by atoms with van der Waals surface area (Å²) in [5, 5.41) is 0. The zero-order chi connectivity index (χ0) is 13.1. The summed E-state index contributed by atoms with van der Waals surface area (Å²) in [7, 11) is 3.76. The quantitative estimate of drug-likeness (QED) is 0.819. The number of rotatable bonds is 3. The molecule has 4 heteroatoms. The Morgan fingerprint density at radius 2 is 2.28 bits per heavy atom.